The molecule has 0 spiro atoms. The number of hydrogen-bond acceptors (Lipinski definition) is 2. The van der Waals surface area contributed by atoms with Gasteiger partial charge in [0, 0.05) is 18.7 Å². The highest BCUT2D eigenvalue weighted by molar-refractivity contribution is 5.75. The van der Waals surface area contributed by atoms with E-state index in [-0.39, 0.29) is 18.1 Å². The number of aliphatic hydroxyl groups excluding tert-OH is 1. The molecule has 0 aliphatic carbocycles. The van der Waals surface area contributed by atoms with Crippen molar-refractivity contribution in [3.05, 3.63) is 0 Å². The van der Waals surface area contributed by atoms with E-state index >= 15 is 0 Å². The largest absolute Gasteiger partial charge is 0.396 e. The van der Waals surface area contributed by atoms with E-state index in [1.807, 2.05) is 25.7 Å². The first-order valence-electron chi connectivity index (χ1n) is 4.62. The minimum Gasteiger partial charge on any atom is -0.396 e. The molecule has 0 atom stereocenters. The number of guanidine groups is 1. The van der Waals surface area contributed by atoms with Crippen molar-refractivity contribution in [3.63, 3.8) is 0 Å². The Kier molecular flexibility index (Phi) is 4.77. The molecule has 0 heterocycles. The fourth-order valence-corrected chi connectivity index (χ4v) is 1.20. The van der Waals surface area contributed by atoms with E-state index in [1.165, 1.54) is 0 Å². The number of rotatable bonds is 4. The number of aliphatic hydroxyl groups is 1. The van der Waals surface area contributed by atoms with Crippen molar-refractivity contribution in [2.45, 2.75) is 39.2 Å². The second kappa shape index (κ2) is 5.07. The summed E-state index contributed by atoms with van der Waals surface area (Å²) in [5.74, 6) is 0.102. The molecule has 0 rings (SSSR count). The van der Waals surface area contributed by atoms with Gasteiger partial charge in [-0.05, 0) is 33.6 Å². The van der Waals surface area contributed by atoms with Crippen molar-refractivity contribution >= 4 is 5.96 Å². The van der Waals surface area contributed by atoms with Gasteiger partial charge in [0.15, 0.2) is 5.96 Å². The fraction of sp³-hybridized carbons (Fsp3) is 0.889. The third-order valence-corrected chi connectivity index (χ3v) is 1.89. The van der Waals surface area contributed by atoms with Crippen LogP contribution in [0, 0.1) is 5.41 Å². The summed E-state index contributed by atoms with van der Waals surface area (Å²) in [5, 5.41) is 16.0. The van der Waals surface area contributed by atoms with Gasteiger partial charge >= 0.3 is 0 Å². The lowest BCUT2D eigenvalue weighted by Gasteiger charge is -2.36. The zero-order chi connectivity index (χ0) is 10.5. The first kappa shape index (κ1) is 12.2. The number of nitrogens with two attached hydrogens (primary N) is 1. The molecular weight excluding hydrogens is 166 g/mol. The maximum absolute atomic E-state index is 8.62. The van der Waals surface area contributed by atoms with Gasteiger partial charge in [-0.1, -0.05) is 0 Å². The van der Waals surface area contributed by atoms with Gasteiger partial charge in [-0.3, -0.25) is 5.41 Å². The van der Waals surface area contributed by atoms with E-state index in [2.05, 4.69) is 0 Å². The van der Waals surface area contributed by atoms with Crippen molar-refractivity contribution in [1.82, 2.24) is 4.90 Å². The van der Waals surface area contributed by atoms with Gasteiger partial charge in [-0.25, -0.2) is 0 Å². The summed E-state index contributed by atoms with van der Waals surface area (Å²) in [7, 11) is 0. The topological polar surface area (TPSA) is 73.3 Å². The smallest absolute Gasteiger partial charge is 0.188 e. The van der Waals surface area contributed by atoms with Crippen molar-refractivity contribution in [3.8, 4) is 0 Å². The molecule has 13 heavy (non-hydrogen) atoms. The van der Waals surface area contributed by atoms with E-state index in [9.17, 15) is 0 Å². The number of hydrogen-bond donors (Lipinski definition) is 3. The maximum atomic E-state index is 8.62. The molecule has 0 radical (unpaired) electrons. The van der Waals surface area contributed by atoms with Crippen LogP contribution >= 0.6 is 0 Å². The molecule has 0 amide bonds. The molecule has 0 aromatic rings. The van der Waals surface area contributed by atoms with Crippen molar-refractivity contribution in [2.24, 2.45) is 5.73 Å². The Hall–Kier alpha value is -0.770. The first-order valence-corrected chi connectivity index (χ1v) is 4.62. The van der Waals surface area contributed by atoms with Gasteiger partial charge in [0.1, 0.15) is 0 Å². The third kappa shape index (κ3) is 4.72. The summed E-state index contributed by atoms with van der Waals surface area (Å²) < 4.78 is 0. The second-order valence-electron chi connectivity index (χ2n) is 4.14. The Bertz CT molecular complexity index is 163. The van der Waals surface area contributed by atoms with Crippen LogP contribution in [0.4, 0.5) is 0 Å². The average molecular weight is 187 g/mol. The summed E-state index contributed by atoms with van der Waals surface area (Å²) in [4.78, 5) is 1.84. The predicted molar refractivity (Wildman–Crippen MR) is 54.7 cm³/mol. The van der Waals surface area contributed by atoms with Gasteiger partial charge < -0.3 is 15.7 Å². The monoisotopic (exact) mass is 187 g/mol. The van der Waals surface area contributed by atoms with Crippen LogP contribution < -0.4 is 5.73 Å². The van der Waals surface area contributed by atoms with Crippen LogP contribution in [0.3, 0.4) is 0 Å². The van der Waals surface area contributed by atoms with Crippen LogP contribution in [0.5, 0.6) is 0 Å². The summed E-state index contributed by atoms with van der Waals surface area (Å²) in [6.45, 7) is 7.00. The predicted octanol–water partition coefficient (Wildman–Crippen LogP) is 0.753. The Morgan fingerprint density at radius 1 is 1.38 bits per heavy atom. The minimum atomic E-state index is -0.110. The number of nitrogens with zero attached hydrogens (tertiary/aromatic N) is 1. The van der Waals surface area contributed by atoms with E-state index in [4.69, 9.17) is 16.2 Å². The van der Waals surface area contributed by atoms with Crippen LogP contribution in [0.25, 0.3) is 0 Å². The molecule has 0 unspecified atom stereocenters. The third-order valence-electron chi connectivity index (χ3n) is 1.89. The molecular formula is C9H21N3O. The quantitative estimate of drug-likeness (QED) is 0.345. The van der Waals surface area contributed by atoms with Crippen LogP contribution in [0.15, 0.2) is 0 Å². The highest BCUT2D eigenvalue weighted by Gasteiger charge is 2.21. The van der Waals surface area contributed by atoms with Crippen molar-refractivity contribution < 1.29 is 5.11 Å². The Labute approximate surface area is 80.2 Å². The lowest BCUT2D eigenvalue weighted by Crippen LogP contribution is -2.49. The summed E-state index contributed by atoms with van der Waals surface area (Å²) >= 11 is 0. The molecule has 0 aromatic carbocycles. The Balaban J connectivity index is 4.04. The van der Waals surface area contributed by atoms with E-state index in [0.717, 1.165) is 19.4 Å². The zero-order valence-electron chi connectivity index (χ0n) is 8.80. The van der Waals surface area contributed by atoms with E-state index in [1.54, 1.807) is 0 Å². The summed E-state index contributed by atoms with van der Waals surface area (Å²) in [5.41, 5.74) is 5.34. The van der Waals surface area contributed by atoms with Crippen molar-refractivity contribution in [1.29, 1.82) is 5.41 Å². The van der Waals surface area contributed by atoms with E-state index in [0.29, 0.717) is 0 Å². The number of unbranched alkanes of at least 4 members (excludes halogenated alkanes) is 1. The Morgan fingerprint density at radius 3 is 2.23 bits per heavy atom. The normalized spacial score (nSPS) is 11.4. The second-order valence-corrected chi connectivity index (χ2v) is 4.14. The molecule has 0 aromatic heterocycles. The van der Waals surface area contributed by atoms with Crippen LogP contribution in [0.2, 0.25) is 0 Å². The molecule has 0 saturated heterocycles. The highest BCUT2D eigenvalue weighted by atomic mass is 16.2. The molecule has 0 bridgehead atoms. The van der Waals surface area contributed by atoms with Gasteiger partial charge in [0.2, 0.25) is 0 Å². The molecule has 0 aliphatic heterocycles. The van der Waals surface area contributed by atoms with Gasteiger partial charge in [-0.2, -0.15) is 0 Å². The molecule has 4 heteroatoms. The molecule has 4 N–H and O–H groups in total. The summed E-state index contributed by atoms with van der Waals surface area (Å²) in [6, 6.07) is 0. The molecule has 0 fully saturated rings. The summed E-state index contributed by atoms with van der Waals surface area (Å²) in [6.07, 6.45) is 1.63. The van der Waals surface area contributed by atoms with Crippen LogP contribution in [-0.4, -0.2) is 34.7 Å². The Morgan fingerprint density at radius 2 is 1.92 bits per heavy atom. The minimum absolute atomic E-state index is 0.102. The van der Waals surface area contributed by atoms with Crippen molar-refractivity contribution in [2.75, 3.05) is 13.2 Å². The van der Waals surface area contributed by atoms with Crippen LogP contribution in [0.1, 0.15) is 33.6 Å². The highest BCUT2D eigenvalue weighted by Crippen LogP contribution is 2.12. The standard InChI is InChI=1S/C9H21N3O/c1-9(2,3)12(8(10)11)6-4-5-7-13/h13H,4-7H2,1-3H3,(H3,10,11). The number of nitrogens with one attached hydrogen (secondary N) is 1. The SMILES string of the molecule is CC(C)(C)N(CCCCO)C(=N)N. The van der Waals surface area contributed by atoms with Crippen LogP contribution in [-0.2, 0) is 0 Å². The van der Waals surface area contributed by atoms with Gasteiger partial charge in [0.05, 0.1) is 0 Å². The molecule has 0 aliphatic rings. The fourth-order valence-electron chi connectivity index (χ4n) is 1.20. The van der Waals surface area contributed by atoms with E-state index < -0.39 is 0 Å². The zero-order valence-corrected chi connectivity index (χ0v) is 8.80. The first-order chi connectivity index (χ1) is 5.89. The molecule has 78 valence electrons. The van der Waals surface area contributed by atoms with Gasteiger partial charge in [0.25, 0.3) is 0 Å². The molecule has 0 saturated carbocycles. The average Bonchev–Trinajstić information content (AvgIpc) is 1.94. The molecule has 4 nitrogen and oxygen atoms in total. The maximum Gasteiger partial charge on any atom is 0.188 e. The lowest BCUT2D eigenvalue weighted by atomic mass is 10.1. The lowest BCUT2D eigenvalue weighted by molar-refractivity contribution is 0.216. The van der Waals surface area contributed by atoms with Gasteiger partial charge in [-0.15, -0.1) is 0 Å².